The second-order valence-corrected chi connectivity index (χ2v) is 5.29. The van der Waals surface area contributed by atoms with Crippen molar-refractivity contribution in [3.8, 4) is 0 Å². The molecule has 0 N–H and O–H groups in total. The van der Waals surface area contributed by atoms with E-state index in [1.807, 2.05) is 20.8 Å². The van der Waals surface area contributed by atoms with Gasteiger partial charge in [0.15, 0.2) is 0 Å². The van der Waals surface area contributed by atoms with E-state index >= 15 is 0 Å². The highest BCUT2D eigenvalue weighted by Gasteiger charge is 2.38. The molecule has 13 heavy (non-hydrogen) atoms. The van der Waals surface area contributed by atoms with Gasteiger partial charge < -0.3 is 4.90 Å². The van der Waals surface area contributed by atoms with Crippen molar-refractivity contribution >= 4 is 5.91 Å². The van der Waals surface area contributed by atoms with E-state index in [0.717, 1.165) is 0 Å². The predicted molar refractivity (Wildman–Crippen MR) is 54.5 cm³/mol. The van der Waals surface area contributed by atoms with Crippen LogP contribution in [-0.2, 0) is 4.79 Å². The molecule has 0 bridgehead atoms. The number of amides is 1. The third kappa shape index (κ3) is 2.45. The molecule has 0 aromatic carbocycles. The van der Waals surface area contributed by atoms with Crippen molar-refractivity contribution in [1.82, 2.24) is 4.90 Å². The van der Waals surface area contributed by atoms with E-state index in [-0.39, 0.29) is 5.41 Å². The Morgan fingerprint density at radius 1 is 1.31 bits per heavy atom. The smallest absolute Gasteiger partial charge is 0.228 e. The second-order valence-electron chi connectivity index (χ2n) is 5.29. The Morgan fingerprint density at radius 3 is 2.00 bits per heavy atom. The van der Waals surface area contributed by atoms with E-state index in [9.17, 15) is 4.79 Å². The van der Waals surface area contributed by atoms with Crippen molar-refractivity contribution in [3.63, 3.8) is 0 Å². The molecular formula is C11H21NO. The van der Waals surface area contributed by atoms with E-state index in [0.29, 0.717) is 18.0 Å². The average Bonchev–Trinajstić information content (AvgIpc) is 2.68. The molecule has 1 aliphatic rings. The Morgan fingerprint density at radius 2 is 1.77 bits per heavy atom. The van der Waals surface area contributed by atoms with E-state index in [1.54, 1.807) is 0 Å². The second kappa shape index (κ2) is 3.32. The minimum absolute atomic E-state index is 0.229. The van der Waals surface area contributed by atoms with Gasteiger partial charge in [0.1, 0.15) is 0 Å². The van der Waals surface area contributed by atoms with E-state index < -0.39 is 0 Å². The lowest BCUT2D eigenvalue weighted by Crippen LogP contribution is -2.44. The molecule has 1 amide bonds. The molecule has 0 aromatic rings. The first-order valence-electron chi connectivity index (χ1n) is 5.17. The highest BCUT2D eigenvalue weighted by molar-refractivity contribution is 5.82. The quantitative estimate of drug-likeness (QED) is 0.644. The standard InChI is InChI=1S/C11H21NO/c1-8(2)12(9-6-7-9)10(13)11(3,4)5/h8-9H,6-7H2,1-5H3. The van der Waals surface area contributed by atoms with Crippen LogP contribution in [0.15, 0.2) is 0 Å². The number of nitrogens with zero attached hydrogens (tertiary/aromatic N) is 1. The summed E-state index contributed by atoms with van der Waals surface area (Å²) in [5.41, 5.74) is -0.229. The zero-order valence-electron chi connectivity index (χ0n) is 9.42. The van der Waals surface area contributed by atoms with Crippen LogP contribution in [0.3, 0.4) is 0 Å². The van der Waals surface area contributed by atoms with Gasteiger partial charge in [-0.15, -0.1) is 0 Å². The Bertz CT molecular complexity index is 197. The largest absolute Gasteiger partial charge is 0.337 e. The van der Waals surface area contributed by atoms with Crippen molar-refractivity contribution in [2.45, 2.75) is 59.5 Å². The average molecular weight is 183 g/mol. The van der Waals surface area contributed by atoms with Gasteiger partial charge in [0.25, 0.3) is 0 Å². The van der Waals surface area contributed by atoms with Crippen molar-refractivity contribution in [2.75, 3.05) is 0 Å². The van der Waals surface area contributed by atoms with Crippen LogP contribution in [0, 0.1) is 5.41 Å². The molecule has 0 spiro atoms. The Balaban J connectivity index is 2.70. The molecule has 0 saturated heterocycles. The zero-order chi connectivity index (χ0) is 10.2. The van der Waals surface area contributed by atoms with Gasteiger partial charge in [-0.25, -0.2) is 0 Å². The van der Waals surface area contributed by atoms with Gasteiger partial charge in [-0.1, -0.05) is 20.8 Å². The van der Waals surface area contributed by atoms with Crippen molar-refractivity contribution in [1.29, 1.82) is 0 Å². The van der Waals surface area contributed by atoms with Gasteiger partial charge in [-0.2, -0.15) is 0 Å². The highest BCUT2D eigenvalue weighted by Crippen LogP contribution is 2.32. The molecule has 1 fully saturated rings. The molecule has 1 rings (SSSR count). The van der Waals surface area contributed by atoms with Crippen LogP contribution >= 0.6 is 0 Å². The van der Waals surface area contributed by atoms with Crippen molar-refractivity contribution in [2.24, 2.45) is 5.41 Å². The maximum absolute atomic E-state index is 12.0. The highest BCUT2D eigenvalue weighted by atomic mass is 16.2. The van der Waals surface area contributed by atoms with Gasteiger partial charge >= 0.3 is 0 Å². The zero-order valence-corrected chi connectivity index (χ0v) is 9.42. The van der Waals surface area contributed by atoms with E-state index in [2.05, 4.69) is 18.7 Å². The summed E-state index contributed by atoms with van der Waals surface area (Å²) in [5.74, 6) is 0.296. The van der Waals surface area contributed by atoms with E-state index in [1.165, 1.54) is 12.8 Å². The normalized spacial score (nSPS) is 17.7. The molecule has 0 aromatic heterocycles. The van der Waals surface area contributed by atoms with Gasteiger partial charge in [-0.05, 0) is 26.7 Å². The SMILES string of the molecule is CC(C)N(C(=O)C(C)(C)C)C1CC1. The Labute approximate surface area is 81.3 Å². The molecule has 0 aliphatic heterocycles. The third-order valence-corrected chi connectivity index (χ3v) is 2.37. The third-order valence-electron chi connectivity index (χ3n) is 2.37. The summed E-state index contributed by atoms with van der Waals surface area (Å²) in [4.78, 5) is 14.1. The van der Waals surface area contributed by atoms with Crippen molar-refractivity contribution in [3.05, 3.63) is 0 Å². The first-order chi connectivity index (χ1) is 5.84. The lowest BCUT2D eigenvalue weighted by Gasteiger charge is -2.32. The van der Waals surface area contributed by atoms with Crippen LogP contribution in [0.1, 0.15) is 47.5 Å². The molecule has 0 unspecified atom stereocenters. The molecule has 2 nitrogen and oxygen atoms in total. The molecule has 2 heteroatoms. The summed E-state index contributed by atoms with van der Waals surface area (Å²) in [6, 6.07) is 0.881. The van der Waals surface area contributed by atoms with Crippen LogP contribution < -0.4 is 0 Å². The summed E-state index contributed by atoms with van der Waals surface area (Å²) in [5, 5.41) is 0. The molecule has 1 aliphatic carbocycles. The molecule has 0 heterocycles. The maximum Gasteiger partial charge on any atom is 0.228 e. The minimum Gasteiger partial charge on any atom is -0.337 e. The first-order valence-corrected chi connectivity index (χ1v) is 5.17. The summed E-state index contributed by atoms with van der Waals surface area (Å²) in [7, 11) is 0. The molecule has 76 valence electrons. The Hall–Kier alpha value is -0.530. The fraction of sp³-hybridized carbons (Fsp3) is 0.909. The lowest BCUT2D eigenvalue weighted by atomic mass is 9.94. The van der Waals surface area contributed by atoms with Crippen molar-refractivity contribution < 1.29 is 4.79 Å². The molecule has 1 saturated carbocycles. The van der Waals surface area contributed by atoms with Gasteiger partial charge in [0, 0.05) is 17.5 Å². The first kappa shape index (κ1) is 10.6. The molecule has 0 atom stereocenters. The van der Waals surface area contributed by atoms with Crippen LogP contribution in [0.2, 0.25) is 0 Å². The fourth-order valence-corrected chi connectivity index (χ4v) is 1.56. The number of hydrogen-bond donors (Lipinski definition) is 0. The van der Waals surface area contributed by atoms with Gasteiger partial charge in [-0.3, -0.25) is 4.79 Å². The van der Waals surface area contributed by atoms with Gasteiger partial charge in [0.05, 0.1) is 0 Å². The topological polar surface area (TPSA) is 20.3 Å². The maximum atomic E-state index is 12.0. The van der Waals surface area contributed by atoms with E-state index in [4.69, 9.17) is 0 Å². The van der Waals surface area contributed by atoms with Crippen LogP contribution in [0.4, 0.5) is 0 Å². The van der Waals surface area contributed by atoms with Gasteiger partial charge in [0.2, 0.25) is 5.91 Å². The van der Waals surface area contributed by atoms with Crippen LogP contribution in [0.5, 0.6) is 0 Å². The summed E-state index contributed by atoms with van der Waals surface area (Å²) in [6.07, 6.45) is 2.39. The minimum atomic E-state index is -0.229. The van der Waals surface area contributed by atoms with Crippen LogP contribution in [-0.4, -0.2) is 22.9 Å². The summed E-state index contributed by atoms with van der Waals surface area (Å²) < 4.78 is 0. The van der Waals surface area contributed by atoms with Crippen LogP contribution in [0.25, 0.3) is 0 Å². The summed E-state index contributed by atoms with van der Waals surface area (Å²) >= 11 is 0. The number of carbonyl (C=O) groups excluding carboxylic acids is 1. The molecule has 0 radical (unpaired) electrons. The monoisotopic (exact) mass is 183 g/mol. The summed E-state index contributed by atoms with van der Waals surface area (Å²) in [6.45, 7) is 10.2. The predicted octanol–water partition coefficient (Wildman–Crippen LogP) is 2.43. The number of carbonyl (C=O) groups is 1. The fourth-order valence-electron chi connectivity index (χ4n) is 1.56. The Kier molecular flexibility index (Phi) is 2.69. The number of hydrogen-bond acceptors (Lipinski definition) is 1. The lowest BCUT2D eigenvalue weighted by molar-refractivity contribution is -0.141. The molecular weight excluding hydrogens is 162 g/mol. The number of rotatable bonds is 2.